The molecular formula is C17H20N4O. The number of methoxy groups -OCH3 is 1. The van der Waals surface area contributed by atoms with Gasteiger partial charge in [0.2, 0.25) is 0 Å². The zero-order chi connectivity index (χ0) is 15.3. The number of rotatable bonds is 3. The van der Waals surface area contributed by atoms with Crippen LogP contribution in [0.2, 0.25) is 0 Å². The lowest BCUT2D eigenvalue weighted by atomic mass is 10.0. The van der Waals surface area contributed by atoms with Gasteiger partial charge in [-0.05, 0) is 32.8 Å². The van der Waals surface area contributed by atoms with Crippen LogP contribution < -0.4 is 4.90 Å². The van der Waals surface area contributed by atoms with E-state index < -0.39 is 0 Å². The van der Waals surface area contributed by atoms with Gasteiger partial charge >= 0.3 is 0 Å². The van der Waals surface area contributed by atoms with Gasteiger partial charge < -0.3 is 9.64 Å². The Hall–Kier alpha value is -2.01. The molecule has 0 aromatic carbocycles. The predicted octanol–water partition coefficient (Wildman–Crippen LogP) is 2.82. The van der Waals surface area contributed by atoms with Crippen molar-refractivity contribution in [2.24, 2.45) is 0 Å². The smallest absolute Gasteiger partial charge is 0.156 e. The van der Waals surface area contributed by atoms with Crippen molar-refractivity contribution in [2.75, 3.05) is 18.6 Å². The molecule has 0 amide bonds. The summed E-state index contributed by atoms with van der Waals surface area (Å²) < 4.78 is 5.19. The SMILES string of the molecule is COCc1nc(C)cc(N2CC3(CC3)c3cnc(C)cc32)n1. The van der Waals surface area contributed by atoms with Crippen molar-refractivity contribution in [1.29, 1.82) is 0 Å². The maximum absolute atomic E-state index is 5.19. The number of nitrogens with zero attached hydrogens (tertiary/aromatic N) is 4. The number of hydrogen-bond donors (Lipinski definition) is 0. The Balaban J connectivity index is 1.80. The quantitative estimate of drug-likeness (QED) is 0.871. The first-order valence-electron chi connectivity index (χ1n) is 7.69. The fourth-order valence-corrected chi connectivity index (χ4v) is 3.38. The average molecular weight is 296 g/mol. The predicted molar refractivity (Wildman–Crippen MR) is 84.4 cm³/mol. The van der Waals surface area contributed by atoms with Crippen molar-refractivity contribution in [2.45, 2.75) is 38.7 Å². The van der Waals surface area contributed by atoms with E-state index in [1.54, 1.807) is 7.11 Å². The lowest BCUT2D eigenvalue weighted by Crippen LogP contribution is -2.21. The van der Waals surface area contributed by atoms with E-state index in [-0.39, 0.29) is 0 Å². The third kappa shape index (κ3) is 2.08. The maximum Gasteiger partial charge on any atom is 0.156 e. The lowest BCUT2D eigenvalue weighted by molar-refractivity contribution is 0.177. The number of pyridine rings is 1. The molecule has 22 heavy (non-hydrogen) atoms. The summed E-state index contributed by atoms with van der Waals surface area (Å²) in [5.41, 5.74) is 4.95. The van der Waals surface area contributed by atoms with Crippen LogP contribution in [0, 0.1) is 13.8 Å². The highest BCUT2D eigenvalue weighted by Gasteiger charge is 2.52. The number of aryl methyl sites for hydroxylation is 2. The van der Waals surface area contributed by atoms with E-state index in [1.165, 1.54) is 24.1 Å². The Bertz CT molecular complexity index is 739. The van der Waals surface area contributed by atoms with Gasteiger partial charge in [-0.25, -0.2) is 9.97 Å². The van der Waals surface area contributed by atoms with Crippen molar-refractivity contribution in [3.05, 3.63) is 41.1 Å². The monoisotopic (exact) mass is 296 g/mol. The van der Waals surface area contributed by atoms with Gasteiger partial charge in [0.1, 0.15) is 12.4 Å². The minimum atomic E-state index is 0.302. The van der Waals surface area contributed by atoms with Crippen molar-refractivity contribution in [3.63, 3.8) is 0 Å². The summed E-state index contributed by atoms with van der Waals surface area (Å²) >= 11 is 0. The molecule has 1 aliphatic carbocycles. The Morgan fingerprint density at radius 1 is 1.18 bits per heavy atom. The number of hydrogen-bond acceptors (Lipinski definition) is 5. The molecule has 4 rings (SSSR count). The summed E-state index contributed by atoms with van der Waals surface area (Å²) in [6, 6.07) is 4.23. The Morgan fingerprint density at radius 2 is 2.00 bits per heavy atom. The summed E-state index contributed by atoms with van der Waals surface area (Å²) in [7, 11) is 1.67. The van der Waals surface area contributed by atoms with Crippen LogP contribution in [-0.2, 0) is 16.8 Å². The van der Waals surface area contributed by atoms with Crippen LogP contribution in [0.4, 0.5) is 11.5 Å². The summed E-state index contributed by atoms with van der Waals surface area (Å²) in [6.07, 6.45) is 4.55. The van der Waals surface area contributed by atoms with Gasteiger partial charge in [0.15, 0.2) is 5.82 Å². The molecule has 2 aliphatic rings. The first-order valence-corrected chi connectivity index (χ1v) is 7.69. The molecule has 0 saturated heterocycles. The summed E-state index contributed by atoms with van der Waals surface area (Å²) in [4.78, 5) is 16.0. The molecule has 3 heterocycles. The van der Waals surface area contributed by atoms with E-state index in [0.29, 0.717) is 12.0 Å². The molecule has 5 nitrogen and oxygen atoms in total. The second-order valence-corrected chi connectivity index (χ2v) is 6.43. The molecular weight excluding hydrogens is 276 g/mol. The molecule has 2 aromatic rings. The first-order chi connectivity index (χ1) is 10.6. The average Bonchev–Trinajstić information content (AvgIpc) is 3.17. The van der Waals surface area contributed by atoms with Gasteiger partial charge in [-0.3, -0.25) is 4.98 Å². The van der Waals surface area contributed by atoms with Crippen molar-refractivity contribution < 1.29 is 4.74 Å². The minimum Gasteiger partial charge on any atom is -0.377 e. The number of anilines is 2. The molecule has 5 heteroatoms. The highest BCUT2D eigenvalue weighted by Crippen LogP contribution is 2.57. The zero-order valence-electron chi connectivity index (χ0n) is 13.3. The number of fused-ring (bicyclic) bond motifs is 2. The molecule has 1 saturated carbocycles. The summed E-state index contributed by atoms with van der Waals surface area (Å²) in [6.45, 7) is 5.48. The van der Waals surface area contributed by atoms with Gasteiger partial charge in [-0.15, -0.1) is 0 Å². The van der Waals surface area contributed by atoms with Crippen molar-refractivity contribution >= 4 is 11.5 Å². The molecule has 0 radical (unpaired) electrons. The van der Waals surface area contributed by atoms with Crippen LogP contribution in [-0.4, -0.2) is 28.6 Å². The second kappa shape index (κ2) is 4.74. The highest BCUT2D eigenvalue weighted by atomic mass is 16.5. The van der Waals surface area contributed by atoms with E-state index in [1.807, 2.05) is 13.8 Å². The van der Waals surface area contributed by atoms with Crippen LogP contribution in [0.3, 0.4) is 0 Å². The highest BCUT2D eigenvalue weighted by molar-refractivity contribution is 5.72. The van der Waals surface area contributed by atoms with Crippen LogP contribution in [0.1, 0.15) is 35.6 Å². The summed E-state index contributed by atoms with van der Waals surface area (Å²) in [5, 5.41) is 0. The van der Waals surface area contributed by atoms with Crippen molar-refractivity contribution in [1.82, 2.24) is 15.0 Å². The normalized spacial score (nSPS) is 17.9. The van der Waals surface area contributed by atoms with Gasteiger partial charge in [-0.2, -0.15) is 0 Å². The maximum atomic E-state index is 5.19. The van der Waals surface area contributed by atoms with Crippen LogP contribution in [0.25, 0.3) is 0 Å². The minimum absolute atomic E-state index is 0.302. The molecule has 0 unspecified atom stereocenters. The molecule has 1 fully saturated rings. The number of ether oxygens (including phenoxy) is 1. The van der Waals surface area contributed by atoms with E-state index in [4.69, 9.17) is 9.72 Å². The zero-order valence-corrected chi connectivity index (χ0v) is 13.3. The van der Waals surface area contributed by atoms with Gasteiger partial charge in [-0.1, -0.05) is 0 Å². The van der Waals surface area contributed by atoms with Gasteiger partial charge in [0.25, 0.3) is 0 Å². The molecule has 0 N–H and O–H groups in total. The Labute approximate surface area is 130 Å². The topological polar surface area (TPSA) is 51.1 Å². The fourth-order valence-electron chi connectivity index (χ4n) is 3.38. The third-order valence-electron chi connectivity index (χ3n) is 4.63. The molecule has 1 aliphatic heterocycles. The molecule has 0 atom stereocenters. The van der Waals surface area contributed by atoms with E-state index in [9.17, 15) is 0 Å². The third-order valence-corrected chi connectivity index (χ3v) is 4.63. The number of aromatic nitrogens is 3. The largest absolute Gasteiger partial charge is 0.377 e. The molecule has 0 bridgehead atoms. The standard InChI is InChI=1S/C17H20N4O/c1-11-6-14-13(8-18-11)17(4-5-17)10-21(14)16-7-12(2)19-15(20-16)9-22-3/h6-8H,4-5,9-10H2,1-3H3. The second-order valence-electron chi connectivity index (χ2n) is 6.43. The Morgan fingerprint density at radius 3 is 2.73 bits per heavy atom. The molecule has 2 aromatic heterocycles. The van der Waals surface area contributed by atoms with Crippen LogP contribution in [0.5, 0.6) is 0 Å². The molecule has 1 spiro atoms. The summed E-state index contributed by atoms with van der Waals surface area (Å²) in [5.74, 6) is 1.71. The van der Waals surface area contributed by atoms with Gasteiger partial charge in [0.05, 0.1) is 0 Å². The van der Waals surface area contributed by atoms with Crippen LogP contribution >= 0.6 is 0 Å². The first kappa shape index (κ1) is 13.6. The van der Waals surface area contributed by atoms with Gasteiger partial charge in [0, 0.05) is 54.0 Å². The fraction of sp³-hybridized carbons (Fsp3) is 0.471. The van der Waals surface area contributed by atoms with E-state index in [0.717, 1.165) is 29.6 Å². The van der Waals surface area contributed by atoms with Crippen molar-refractivity contribution in [3.8, 4) is 0 Å². The van der Waals surface area contributed by atoms with Crippen LogP contribution in [0.15, 0.2) is 18.3 Å². The van der Waals surface area contributed by atoms with E-state index in [2.05, 4.69) is 33.2 Å². The lowest BCUT2D eigenvalue weighted by Gasteiger charge is -2.20. The Kier molecular flexibility index (Phi) is 2.94. The van der Waals surface area contributed by atoms with E-state index >= 15 is 0 Å². The molecule has 114 valence electrons.